The molecule has 9 heavy (non-hydrogen) atoms. The van der Waals surface area contributed by atoms with Crippen molar-refractivity contribution in [3.63, 3.8) is 0 Å². The number of Topliss-reactive ketones (excluding diaryl/α,β-unsaturated/α-hetero) is 1. The highest BCUT2D eigenvalue weighted by Crippen LogP contribution is 2.34. The normalized spacial score (nSPS) is 39.8. The van der Waals surface area contributed by atoms with Crippen LogP contribution in [0.5, 0.6) is 0 Å². The van der Waals surface area contributed by atoms with Gasteiger partial charge in [0, 0.05) is 11.8 Å². The van der Waals surface area contributed by atoms with Crippen molar-refractivity contribution in [2.75, 3.05) is 0 Å². The van der Waals surface area contributed by atoms with Gasteiger partial charge in [-0.25, -0.2) is 0 Å². The van der Waals surface area contributed by atoms with E-state index < -0.39 is 0 Å². The average molecular weight is 122 g/mol. The summed E-state index contributed by atoms with van der Waals surface area (Å²) in [4.78, 5) is 11.1. The van der Waals surface area contributed by atoms with Gasteiger partial charge < -0.3 is 0 Å². The molecule has 2 bridgehead atoms. The third kappa shape index (κ3) is 0.640. The third-order valence-corrected chi connectivity index (χ3v) is 2.38. The Balaban J connectivity index is 2.32. The number of hydrogen-bond donors (Lipinski definition) is 0. The largest absolute Gasteiger partial charge is 0.299 e. The van der Waals surface area contributed by atoms with Gasteiger partial charge in [0.2, 0.25) is 0 Å². The van der Waals surface area contributed by atoms with Crippen molar-refractivity contribution < 1.29 is 4.79 Å². The van der Waals surface area contributed by atoms with E-state index in [1.165, 1.54) is 0 Å². The van der Waals surface area contributed by atoms with Crippen LogP contribution in [0.2, 0.25) is 0 Å². The van der Waals surface area contributed by atoms with Gasteiger partial charge in [-0.05, 0) is 19.3 Å². The van der Waals surface area contributed by atoms with Crippen LogP contribution >= 0.6 is 0 Å². The van der Waals surface area contributed by atoms with E-state index in [-0.39, 0.29) is 0 Å². The smallest absolute Gasteiger partial charge is 0.143 e. The summed E-state index contributed by atoms with van der Waals surface area (Å²) in [5.74, 6) is 1.21. The summed E-state index contributed by atoms with van der Waals surface area (Å²) in [5.41, 5.74) is 0. The van der Waals surface area contributed by atoms with Crippen molar-refractivity contribution in [1.29, 1.82) is 0 Å². The number of rotatable bonds is 0. The zero-order valence-electron chi connectivity index (χ0n) is 5.34. The van der Waals surface area contributed by atoms with Crippen LogP contribution in [-0.2, 0) is 4.79 Å². The molecule has 0 aromatic rings. The van der Waals surface area contributed by atoms with E-state index in [2.05, 4.69) is 12.2 Å². The van der Waals surface area contributed by atoms with E-state index in [1.807, 2.05) is 0 Å². The molecule has 1 nitrogen and oxygen atoms in total. The quantitative estimate of drug-likeness (QED) is 0.445. The Kier molecular flexibility index (Phi) is 0.981. The van der Waals surface area contributed by atoms with Gasteiger partial charge in [0.15, 0.2) is 0 Å². The van der Waals surface area contributed by atoms with Crippen molar-refractivity contribution >= 4 is 5.78 Å². The Morgan fingerprint density at radius 3 is 3.00 bits per heavy atom. The van der Waals surface area contributed by atoms with Crippen molar-refractivity contribution in [2.45, 2.75) is 19.3 Å². The lowest BCUT2D eigenvalue weighted by atomic mass is 9.94. The zero-order chi connectivity index (χ0) is 6.27. The molecule has 2 rings (SSSR count). The molecule has 0 saturated heterocycles. The molecule has 0 aliphatic heterocycles. The fraction of sp³-hybridized carbons (Fsp3) is 0.625. The number of fused-ring (bicyclic) bond motifs is 2. The number of carbonyl (C=O) groups excluding carboxylic acids is 1. The summed E-state index contributed by atoms with van der Waals surface area (Å²) in [6.07, 6.45) is 7.49. The van der Waals surface area contributed by atoms with Gasteiger partial charge in [-0.3, -0.25) is 4.79 Å². The van der Waals surface area contributed by atoms with E-state index in [1.54, 1.807) is 0 Å². The second kappa shape index (κ2) is 1.69. The highest BCUT2D eigenvalue weighted by molar-refractivity contribution is 5.88. The number of hydrogen-bond acceptors (Lipinski definition) is 1. The van der Waals surface area contributed by atoms with Gasteiger partial charge in [-0.1, -0.05) is 12.2 Å². The van der Waals surface area contributed by atoms with Gasteiger partial charge in [-0.2, -0.15) is 0 Å². The van der Waals surface area contributed by atoms with Gasteiger partial charge in [-0.15, -0.1) is 0 Å². The van der Waals surface area contributed by atoms with Crippen LogP contribution in [0.15, 0.2) is 12.2 Å². The molecule has 0 heterocycles. The van der Waals surface area contributed by atoms with E-state index in [9.17, 15) is 4.79 Å². The highest BCUT2D eigenvalue weighted by Gasteiger charge is 2.33. The maximum Gasteiger partial charge on any atom is 0.143 e. The fourth-order valence-electron chi connectivity index (χ4n) is 1.80. The molecule has 1 saturated carbocycles. The van der Waals surface area contributed by atoms with Crippen LogP contribution in [0.25, 0.3) is 0 Å². The monoisotopic (exact) mass is 122 g/mol. The van der Waals surface area contributed by atoms with Crippen LogP contribution < -0.4 is 0 Å². The molecule has 2 aliphatic rings. The molecular weight excluding hydrogens is 112 g/mol. The summed E-state index contributed by atoms with van der Waals surface area (Å²) < 4.78 is 0. The lowest BCUT2D eigenvalue weighted by Crippen LogP contribution is -2.14. The first-order valence-corrected chi connectivity index (χ1v) is 3.58. The Morgan fingerprint density at radius 1 is 1.44 bits per heavy atom. The standard InChI is InChI=1S/C8H10O/c9-8-6-2-1-3-7(8)5-4-6/h1-2,6-7H,3-5H2. The predicted octanol–water partition coefficient (Wildman–Crippen LogP) is 1.54. The van der Waals surface area contributed by atoms with E-state index in [0.717, 1.165) is 19.3 Å². The minimum atomic E-state index is 0.309. The average Bonchev–Trinajstić information content (AvgIpc) is 2.19. The molecule has 0 spiro atoms. The number of ketones is 1. The second-order valence-corrected chi connectivity index (χ2v) is 2.95. The Hall–Kier alpha value is -0.590. The molecule has 2 unspecified atom stereocenters. The number of allylic oxidation sites excluding steroid dienone is 2. The van der Waals surface area contributed by atoms with Crippen LogP contribution in [0.1, 0.15) is 19.3 Å². The van der Waals surface area contributed by atoms with Crippen molar-refractivity contribution in [1.82, 2.24) is 0 Å². The molecule has 2 aliphatic carbocycles. The maximum absolute atomic E-state index is 11.1. The molecule has 2 atom stereocenters. The summed E-state index contributed by atoms with van der Waals surface area (Å²) in [6, 6.07) is 0. The van der Waals surface area contributed by atoms with Gasteiger partial charge in [0.1, 0.15) is 5.78 Å². The highest BCUT2D eigenvalue weighted by atomic mass is 16.1. The zero-order valence-corrected chi connectivity index (χ0v) is 5.34. The van der Waals surface area contributed by atoms with Gasteiger partial charge in [0.05, 0.1) is 0 Å². The second-order valence-electron chi connectivity index (χ2n) is 2.95. The molecule has 0 aromatic heterocycles. The van der Waals surface area contributed by atoms with E-state index in [4.69, 9.17) is 0 Å². The Labute approximate surface area is 54.8 Å². The van der Waals surface area contributed by atoms with Gasteiger partial charge >= 0.3 is 0 Å². The minimum Gasteiger partial charge on any atom is -0.299 e. The summed E-state index contributed by atoms with van der Waals surface area (Å²) in [7, 11) is 0. The third-order valence-electron chi connectivity index (χ3n) is 2.38. The Bertz CT molecular complexity index is 169. The van der Waals surface area contributed by atoms with Gasteiger partial charge in [0.25, 0.3) is 0 Å². The predicted molar refractivity (Wildman–Crippen MR) is 35.0 cm³/mol. The minimum absolute atomic E-state index is 0.309. The molecule has 0 N–H and O–H groups in total. The molecule has 1 heteroatoms. The topological polar surface area (TPSA) is 17.1 Å². The van der Waals surface area contributed by atoms with Crippen LogP contribution in [0.3, 0.4) is 0 Å². The van der Waals surface area contributed by atoms with Crippen molar-refractivity contribution in [2.24, 2.45) is 11.8 Å². The fourth-order valence-corrected chi connectivity index (χ4v) is 1.80. The lowest BCUT2D eigenvalue weighted by molar-refractivity contribution is -0.123. The first-order chi connectivity index (χ1) is 4.38. The maximum atomic E-state index is 11.1. The van der Waals surface area contributed by atoms with Crippen LogP contribution in [0, 0.1) is 11.8 Å². The molecule has 1 fully saturated rings. The van der Waals surface area contributed by atoms with E-state index >= 15 is 0 Å². The van der Waals surface area contributed by atoms with Crippen LogP contribution in [-0.4, -0.2) is 5.78 Å². The molecule has 0 amide bonds. The first-order valence-electron chi connectivity index (χ1n) is 3.58. The molecule has 0 aromatic carbocycles. The SMILES string of the molecule is O=C1C2C=CCC1CC2. The summed E-state index contributed by atoms with van der Waals surface area (Å²) >= 11 is 0. The lowest BCUT2D eigenvalue weighted by Gasteiger charge is -2.09. The first kappa shape index (κ1) is 5.21. The summed E-state index contributed by atoms with van der Waals surface area (Å²) in [6.45, 7) is 0. The molecule has 48 valence electrons. The van der Waals surface area contributed by atoms with Crippen LogP contribution in [0.4, 0.5) is 0 Å². The molecular formula is C8H10O. The molecule has 0 radical (unpaired) electrons. The number of carbonyl (C=O) groups is 1. The van der Waals surface area contributed by atoms with Crippen molar-refractivity contribution in [3.05, 3.63) is 12.2 Å². The van der Waals surface area contributed by atoms with Crippen molar-refractivity contribution in [3.8, 4) is 0 Å². The van der Waals surface area contributed by atoms with E-state index in [0.29, 0.717) is 17.6 Å². The summed E-state index contributed by atoms with van der Waals surface area (Å²) in [5, 5.41) is 0. The Morgan fingerprint density at radius 2 is 2.33 bits per heavy atom.